The van der Waals surface area contributed by atoms with Gasteiger partial charge in [0, 0.05) is 37.7 Å². The predicted octanol–water partition coefficient (Wildman–Crippen LogP) is 3.13. The first-order valence-corrected chi connectivity index (χ1v) is 12.3. The highest BCUT2D eigenvalue weighted by molar-refractivity contribution is 5.91. The van der Waals surface area contributed by atoms with Crippen molar-refractivity contribution >= 4 is 28.1 Å². The number of aromatic amines is 1. The van der Waals surface area contributed by atoms with Crippen molar-refractivity contribution in [3.05, 3.63) is 30.4 Å². The molecule has 0 radical (unpaired) electrons. The highest BCUT2D eigenvalue weighted by Crippen LogP contribution is 2.34. The molecule has 0 spiro atoms. The summed E-state index contributed by atoms with van der Waals surface area (Å²) in [6.07, 6.45) is 2.99. The number of nitrogens with one attached hydrogen (secondary N) is 1. The molecule has 10 heteroatoms. The quantitative estimate of drug-likeness (QED) is 0.368. The molecule has 1 saturated heterocycles. The van der Waals surface area contributed by atoms with Gasteiger partial charge in [0.05, 0.1) is 30.6 Å². The molecule has 1 aromatic carbocycles. The molecule has 188 valence electrons. The second kappa shape index (κ2) is 10.7. The Morgan fingerprint density at radius 1 is 1.09 bits per heavy atom. The van der Waals surface area contributed by atoms with E-state index in [4.69, 9.17) is 14.7 Å². The predicted molar refractivity (Wildman–Crippen MR) is 136 cm³/mol. The Morgan fingerprint density at radius 3 is 2.49 bits per heavy atom. The number of H-pyrrole nitrogens is 1. The van der Waals surface area contributed by atoms with Crippen molar-refractivity contribution < 1.29 is 14.9 Å². The molecule has 1 aliphatic heterocycles. The van der Waals surface area contributed by atoms with Gasteiger partial charge in [-0.1, -0.05) is 19.9 Å². The maximum absolute atomic E-state index is 9.72. The van der Waals surface area contributed by atoms with E-state index in [1.807, 2.05) is 19.9 Å². The normalized spacial score (nSPS) is 15.4. The number of benzene rings is 1. The minimum atomic E-state index is -0.432. The van der Waals surface area contributed by atoms with Crippen LogP contribution < -0.4 is 4.90 Å². The third kappa shape index (κ3) is 4.61. The van der Waals surface area contributed by atoms with E-state index in [2.05, 4.69) is 43.5 Å². The van der Waals surface area contributed by atoms with Gasteiger partial charge in [0.2, 0.25) is 5.95 Å². The van der Waals surface area contributed by atoms with Crippen LogP contribution in [0.25, 0.3) is 33.5 Å². The maximum Gasteiger partial charge on any atom is 0.228 e. The largest absolute Gasteiger partial charge is 0.396 e. The van der Waals surface area contributed by atoms with Gasteiger partial charge in [0.15, 0.2) is 5.65 Å². The number of ether oxygens (including phenoxy) is 1. The van der Waals surface area contributed by atoms with Crippen LogP contribution in [-0.4, -0.2) is 73.1 Å². The number of fused-ring (bicyclic) bond motifs is 2. The van der Waals surface area contributed by atoms with E-state index < -0.39 is 5.41 Å². The van der Waals surface area contributed by atoms with Crippen LogP contribution in [-0.2, 0) is 17.9 Å². The van der Waals surface area contributed by atoms with Gasteiger partial charge in [0.25, 0.3) is 0 Å². The lowest BCUT2D eigenvalue weighted by atomic mass is 9.80. The van der Waals surface area contributed by atoms with Gasteiger partial charge in [-0.2, -0.15) is 4.98 Å². The maximum atomic E-state index is 9.72. The summed E-state index contributed by atoms with van der Waals surface area (Å²) in [6.45, 7) is 8.66. The molecule has 1 fully saturated rings. The first-order chi connectivity index (χ1) is 17.1. The zero-order valence-electron chi connectivity index (χ0n) is 21.0. The summed E-state index contributed by atoms with van der Waals surface area (Å²) < 4.78 is 7.48. The molecule has 0 unspecified atom stereocenters. The number of imidazole rings is 2. The molecule has 5 rings (SSSR count). The first kappa shape index (κ1) is 25.0. The molecule has 0 aliphatic carbocycles. The SMILES string of the molecule is CC.CCn1c(COC)nc2cc(-c3nc(N4CCC(CO)(CO)CC4)nc4nc[nH]c34)ccc21. The van der Waals surface area contributed by atoms with E-state index in [0.29, 0.717) is 44.1 Å². The standard InChI is InChI=1S/C23H29N7O3.C2H6/c1-3-30-17-5-4-15(10-16(17)26-18(30)11-33-2)19-20-21(25-14-24-20)28-22(27-19)29-8-6-23(12-31,13-32)7-9-29;1-2/h4-5,10,14,31-32H,3,6-9,11-13H2,1-2H3,(H,24,25,27,28);1-2H3. The van der Waals surface area contributed by atoms with Gasteiger partial charge in [-0.05, 0) is 31.9 Å². The lowest BCUT2D eigenvalue weighted by Crippen LogP contribution is -2.44. The fraction of sp³-hybridized carbons (Fsp3) is 0.520. The summed E-state index contributed by atoms with van der Waals surface area (Å²) in [7, 11) is 1.67. The minimum absolute atomic E-state index is 0.0165. The van der Waals surface area contributed by atoms with E-state index in [0.717, 1.165) is 40.2 Å². The highest BCUT2D eigenvalue weighted by atomic mass is 16.5. The van der Waals surface area contributed by atoms with Crippen LogP contribution in [0.4, 0.5) is 5.95 Å². The molecule has 3 N–H and O–H groups in total. The van der Waals surface area contributed by atoms with Crippen LogP contribution in [0.1, 0.15) is 39.4 Å². The summed E-state index contributed by atoms with van der Waals surface area (Å²) in [5.74, 6) is 1.50. The molecule has 1 aliphatic rings. The number of aliphatic hydroxyl groups is 2. The zero-order chi connectivity index (χ0) is 25.0. The van der Waals surface area contributed by atoms with Gasteiger partial charge >= 0.3 is 0 Å². The van der Waals surface area contributed by atoms with E-state index in [1.54, 1.807) is 13.4 Å². The zero-order valence-corrected chi connectivity index (χ0v) is 21.0. The highest BCUT2D eigenvalue weighted by Gasteiger charge is 2.34. The summed E-state index contributed by atoms with van der Waals surface area (Å²) in [6, 6.07) is 6.17. The van der Waals surface area contributed by atoms with Gasteiger partial charge in [-0.3, -0.25) is 0 Å². The Kier molecular flexibility index (Phi) is 7.63. The number of methoxy groups -OCH3 is 1. The number of anilines is 1. The fourth-order valence-electron chi connectivity index (χ4n) is 4.64. The number of aryl methyl sites for hydroxylation is 1. The fourth-order valence-corrected chi connectivity index (χ4v) is 4.64. The van der Waals surface area contributed by atoms with Gasteiger partial charge < -0.3 is 29.4 Å². The second-order valence-corrected chi connectivity index (χ2v) is 8.69. The number of aliphatic hydroxyl groups excluding tert-OH is 2. The Labute approximate surface area is 205 Å². The molecule has 4 heterocycles. The Balaban J connectivity index is 0.00000141. The van der Waals surface area contributed by atoms with Crippen molar-refractivity contribution in [3.8, 4) is 11.3 Å². The van der Waals surface area contributed by atoms with Crippen LogP contribution in [0.15, 0.2) is 24.5 Å². The minimum Gasteiger partial charge on any atom is -0.396 e. The molecule has 0 saturated carbocycles. The summed E-state index contributed by atoms with van der Waals surface area (Å²) in [4.78, 5) is 24.0. The average molecular weight is 482 g/mol. The van der Waals surface area contributed by atoms with Gasteiger partial charge in [0.1, 0.15) is 23.6 Å². The molecule has 4 aromatic rings. The lowest BCUT2D eigenvalue weighted by Gasteiger charge is -2.39. The molecular weight excluding hydrogens is 446 g/mol. The topological polar surface area (TPSA) is 125 Å². The molecule has 35 heavy (non-hydrogen) atoms. The number of piperidine rings is 1. The third-order valence-corrected chi connectivity index (χ3v) is 6.74. The van der Waals surface area contributed by atoms with Crippen molar-refractivity contribution in [3.63, 3.8) is 0 Å². The molecular formula is C25H35N7O3. The molecule has 0 amide bonds. The summed E-state index contributed by atoms with van der Waals surface area (Å²) in [5.41, 5.74) is 4.61. The number of nitrogens with zero attached hydrogens (tertiary/aromatic N) is 6. The smallest absolute Gasteiger partial charge is 0.228 e. The van der Waals surface area contributed by atoms with Gasteiger partial charge in [-0.15, -0.1) is 0 Å². The van der Waals surface area contributed by atoms with Crippen LogP contribution in [0, 0.1) is 5.41 Å². The molecule has 10 nitrogen and oxygen atoms in total. The average Bonchev–Trinajstić information content (AvgIpc) is 3.53. The van der Waals surface area contributed by atoms with E-state index in [-0.39, 0.29) is 13.2 Å². The lowest BCUT2D eigenvalue weighted by molar-refractivity contribution is 0.0338. The third-order valence-electron chi connectivity index (χ3n) is 6.74. The number of rotatable bonds is 7. The molecule has 0 atom stereocenters. The molecule has 3 aromatic heterocycles. The van der Waals surface area contributed by atoms with Gasteiger partial charge in [-0.25, -0.2) is 15.0 Å². The Bertz CT molecular complexity index is 1270. The van der Waals surface area contributed by atoms with E-state index in [1.165, 1.54) is 0 Å². The Morgan fingerprint density at radius 2 is 1.83 bits per heavy atom. The van der Waals surface area contributed by atoms with Crippen molar-refractivity contribution in [2.45, 2.75) is 46.8 Å². The number of hydrogen-bond donors (Lipinski definition) is 3. The van der Waals surface area contributed by atoms with Crippen LogP contribution in [0.3, 0.4) is 0 Å². The van der Waals surface area contributed by atoms with Crippen LogP contribution in [0.2, 0.25) is 0 Å². The van der Waals surface area contributed by atoms with E-state index >= 15 is 0 Å². The van der Waals surface area contributed by atoms with Crippen LogP contribution >= 0.6 is 0 Å². The Hall–Kier alpha value is -3.08. The number of aromatic nitrogens is 6. The first-order valence-electron chi connectivity index (χ1n) is 12.3. The molecule has 0 bridgehead atoms. The van der Waals surface area contributed by atoms with Crippen molar-refractivity contribution in [1.29, 1.82) is 0 Å². The second-order valence-electron chi connectivity index (χ2n) is 8.69. The van der Waals surface area contributed by atoms with Crippen LogP contribution in [0.5, 0.6) is 0 Å². The summed E-state index contributed by atoms with van der Waals surface area (Å²) in [5, 5.41) is 19.4. The van der Waals surface area contributed by atoms with Crippen molar-refractivity contribution in [1.82, 2.24) is 29.5 Å². The monoisotopic (exact) mass is 481 g/mol. The van der Waals surface area contributed by atoms with Crippen molar-refractivity contribution in [2.24, 2.45) is 5.41 Å². The summed E-state index contributed by atoms with van der Waals surface area (Å²) >= 11 is 0. The number of hydrogen-bond acceptors (Lipinski definition) is 8. The van der Waals surface area contributed by atoms with Crippen molar-refractivity contribution in [2.75, 3.05) is 38.3 Å². The van der Waals surface area contributed by atoms with E-state index in [9.17, 15) is 10.2 Å².